The van der Waals surface area contributed by atoms with Gasteiger partial charge in [0.2, 0.25) is 0 Å². The van der Waals surface area contributed by atoms with Crippen LogP contribution < -0.4 is 0 Å². The molecule has 0 amide bonds. The summed E-state index contributed by atoms with van der Waals surface area (Å²) in [6, 6.07) is 9.00. The lowest BCUT2D eigenvalue weighted by Gasteiger charge is -1.99. The lowest BCUT2D eigenvalue weighted by atomic mass is 10.2. The topological polar surface area (TPSA) is 26.3 Å². The lowest BCUT2D eigenvalue weighted by Crippen LogP contribution is -2.03. The normalized spacial score (nSPS) is 11.2. The van der Waals surface area contributed by atoms with Crippen LogP contribution in [0.15, 0.2) is 36.2 Å². The molecule has 0 bridgehead atoms. The highest BCUT2D eigenvalue weighted by molar-refractivity contribution is 5.73. The monoisotopic (exact) mass is 208 g/mol. The van der Waals surface area contributed by atoms with E-state index < -0.39 is 11.8 Å². The molecule has 0 aliphatic carbocycles. The van der Waals surface area contributed by atoms with Crippen LogP contribution in [0, 0.1) is 0 Å². The summed E-state index contributed by atoms with van der Waals surface area (Å²) in [7, 11) is 0. The second kappa shape index (κ2) is 5.96. The molecule has 2 nitrogen and oxygen atoms in total. The fraction of sp³-hybridized carbons (Fsp3) is 0.250. The van der Waals surface area contributed by atoms with Crippen LogP contribution in [-0.4, -0.2) is 12.6 Å². The third-order valence-electron chi connectivity index (χ3n) is 1.74. The van der Waals surface area contributed by atoms with Crippen molar-refractivity contribution in [1.82, 2.24) is 0 Å². The van der Waals surface area contributed by atoms with Gasteiger partial charge >= 0.3 is 5.97 Å². The van der Waals surface area contributed by atoms with E-state index in [4.69, 9.17) is 0 Å². The van der Waals surface area contributed by atoms with Crippen molar-refractivity contribution >= 4 is 12.0 Å². The maximum Gasteiger partial charge on any atom is 0.312 e. The first kappa shape index (κ1) is 11.4. The van der Waals surface area contributed by atoms with Crippen molar-refractivity contribution in [3.05, 3.63) is 41.7 Å². The van der Waals surface area contributed by atoms with Crippen molar-refractivity contribution in [2.45, 2.75) is 13.3 Å². The van der Waals surface area contributed by atoms with Gasteiger partial charge in [-0.1, -0.05) is 30.3 Å². The predicted molar refractivity (Wildman–Crippen MR) is 56.8 cm³/mol. The van der Waals surface area contributed by atoms with Gasteiger partial charge in [0.1, 0.15) is 5.83 Å². The Hall–Kier alpha value is -1.64. The molecule has 1 aromatic rings. The zero-order chi connectivity index (χ0) is 11.1. The first-order chi connectivity index (χ1) is 7.22. The van der Waals surface area contributed by atoms with E-state index >= 15 is 0 Å². The molecule has 0 N–H and O–H groups in total. The summed E-state index contributed by atoms with van der Waals surface area (Å²) in [5.41, 5.74) is 0.735. The molecule has 0 fully saturated rings. The van der Waals surface area contributed by atoms with E-state index in [0.29, 0.717) is 0 Å². The van der Waals surface area contributed by atoms with Gasteiger partial charge in [0, 0.05) is 0 Å². The van der Waals surface area contributed by atoms with E-state index in [1.54, 1.807) is 19.1 Å². The Bertz CT molecular complexity index is 344. The molecule has 3 heteroatoms. The number of carbonyl (C=O) groups is 1. The lowest BCUT2D eigenvalue weighted by molar-refractivity contribution is -0.142. The summed E-state index contributed by atoms with van der Waals surface area (Å²) in [5.74, 6) is -1.03. The third kappa shape index (κ3) is 4.40. The van der Waals surface area contributed by atoms with Crippen molar-refractivity contribution in [3.8, 4) is 0 Å². The molecule has 0 saturated heterocycles. The molecule has 0 aliphatic rings. The SMILES string of the molecule is CCOC(=O)C/C(F)=C\c1ccccc1. The minimum Gasteiger partial charge on any atom is -0.466 e. The summed E-state index contributed by atoms with van der Waals surface area (Å²) >= 11 is 0. The van der Waals surface area contributed by atoms with Crippen LogP contribution in [0.2, 0.25) is 0 Å². The highest BCUT2D eigenvalue weighted by Crippen LogP contribution is 2.11. The summed E-state index contributed by atoms with van der Waals surface area (Å²) in [6.45, 7) is 1.97. The van der Waals surface area contributed by atoms with Gasteiger partial charge in [-0.25, -0.2) is 4.39 Å². The number of esters is 1. The minimum atomic E-state index is -0.540. The molecule has 0 heterocycles. The van der Waals surface area contributed by atoms with Gasteiger partial charge in [-0.15, -0.1) is 0 Å². The van der Waals surface area contributed by atoms with Crippen molar-refractivity contribution in [2.75, 3.05) is 6.61 Å². The second-order valence-electron chi connectivity index (χ2n) is 2.98. The Morgan fingerprint density at radius 2 is 2.07 bits per heavy atom. The molecule has 0 radical (unpaired) electrons. The maximum absolute atomic E-state index is 13.2. The number of benzene rings is 1. The van der Waals surface area contributed by atoms with Gasteiger partial charge in [-0.3, -0.25) is 4.79 Å². The fourth-order valence-corrected chi connectivity index (χ4v) is 1.13. The Morgan fingerprint density at radius 3 is 2.67 bits per heavy atom. The molecule has 0 saturated carbocycles. The van der Waals surface area contributed by atoms with E-state index in [1.807, 2.05) is 18.2 Å². The molecule has 80 valence electrons. The Labute approximate surface area is 88.4 Å². The van der Waals surface area contributed by atoms with Gasteiger partial charge in [-0.05, 0) is 18.6 Å². The zero-order valence-corrected chi connectivity index (χ0v) is 8.57. The van der Waals surface area contributed by atoms with Crippen LogP contribution in [0.25, 0.3) is 6.08 Å². The molecule has 0 spiro atoms. The highest BCUT2D eigenvalue weighted by Gasteiger charge is 2.05. The van der Waals surface area contributed by atoms with Gasteiger partial charge < -0.3 is 4.74 Å². The largest absolute Gasteiger partial charge is 0.466 e. The Morgan fingerprint density at radius 1 is 1.40 bits per heavy atom. The molecule has 1 aromatic carbocycles. The molecule has 0 aliphatic heterocycles. The average Bonchev–Trinajstić information content (AvgIpc) is 2.19. The van der Waals surface area contributed by atoms with E-state index in [9.17, 15) is 9.18 Å². The van der Waals surface area contributed by atoms with Crippen molar-refractivity contribution in [2.24, 2.45) is 0 Å². The third-order valence-corrected chi connectivity index (χ3v) is 1.74. The van der Waals surface area contributed by atoms with Crippen LogP contribution in [0.4, 0.5) is 4.39 Å². The van der Waals surface area contributed by atoms with Crippen LogP contribution in [0.1, 0.15) is 18.9 Å². The molecular formula is C12H13FO2. The number of halogens is 1. The quantitative estimate of drug-likeness (QED) is 0.711. The van der Waals surface area contributed by atoms with Crippen LogP contribution >= 0.6 is 0 Å². The number of hydrogen-bond acceptors (Lipinski definition) is 2. The van der Waals surface area contributed by atoms with E-state index in [0.717, 1.165) is 5.56 Å². The fourth-order valence-electron chi connectivity index (χ4n) is 1.13. The van der Waals surface area contributed by atoms with Gasteiger partial charge in [0.15, 0.2) is 0 Å². The highest BCUT2D eigenvalue weighted by atomic mass is 19.1. The van der Waals surface area contributed by atoms with Crippen molar-refractivity contribution < 1.29 is 13.9 Å². The van der Waals surface area contributed by atoms with E-state index in [-0.39, 0.29) is 13.0 Å². The smallest absolute Gasteiger partial charge is 0.312 e. The zero-order valence-electron chi connectivity index (χ0n) is 8.57. The summed E-state index contributed by atoms with van der Waals surface area (Å²) < 4.78 is 17.9. The van der Waals surface area contributed by atoms with Gasteiger partial charge in [0.05, 0.1) is 13.0 Å². The molecule has 0 atom stereocenters. The Kier molecular flexibility index (Phi) is 4.54. The molecule has 0 aromatic heterocycles. The predicted octanol–water partition coefficient (Wildman–Crippen LogP) is 2.95. The van der Waals surface area contributed by atoms with Crippen LogP contribution in [0.5, 0.6) is 0 Å². The number of ether oxygens (including phenoxy) is 1. The first-order valence-corrected chi connectivity index (χ1v) is 4.79. The Balaban J connectivity index is 2.57. The van der Waals surface area contributed by atoms with Gasteiger partial charge in [-0.2, -0.15) is 0 Å². The van der Waals surface area contributed by atoms with Crippen LogP contribution in [0.3, 0.4) is 0 Å². The molecule has 0 unspecified atom stereocenters. The number of hydrogen-bond donors (Lipinski definition) is 0. The standard InChI is InChI=1S/C12H13FO2/c1-2-15-12(14)9-11(13)8-10-6-4-3-5-7-10/h3-8H,2,9H2,1H3/b11-8+. The molecular weight excluding hydrogens is 195 g/mol. The number of carbonyl (C=O) groups excluding carboxylic acids is 1. The van der Waals surface area contributed by atoms with E-state index in [1.165, 1.54) is 6.08 Å². The summed E-state index contributed by atoms with van der Waals surface area (Å²) in [4.78, 5) is 10.9. The maximum atomic E-state index is 13.2. The van der Waals surface area contributed by atoms with E-state index in [2.05, 4.69) is 4.74 Å². The van der Waals surface area contributed by atoms with Crippen molar-refractivity contribution in [3.63, 3.8) is 0 Å². The average molecular weight is 208 g/mol. The van der Waals surface area contributed by atoms with Crippen molar-refractivity contribution in [1.29, 1.82) is 0 Å². The second-order valence-corrected chi connectivity index (χ2v) is 2.98. The number of rotatable bonds is 4. The summed E-state index contributed by atoms with van der Waals surface area (Å²) in [5, 5.41) is 0. The first-order valence-electron chi connectivity index (χ1n) is 4.79. The van der Waals surface area contributed by atoms with Crippen LogP contribution in [-0.2, 0) is 9.53 Å². The molecule has 15 heavy (non-hydrogen) atoms. The molecule has 1 rings (SSSR count). The minimum absolute atomic E-state index is 0.275. The summed E-state index contributed by atoms with van der Waals surface area (Å²) in [6.07, 6.45) is 1.03. The van der Waals surface area contributed by atoms with Gasteiger partial charge in [0.25, 0.3) is 0 Å².